The molecule has 1 aromatic rings. The predicted octanol–water partition coefficient (Wildman–Crippen LogP) is 1.76. The number of nitrogens with one attached hydrogen (secondary N) is 1. The van der Waals surface area contributed by atoms with Gasteiger partial charge in [0.25, 0.3) is 0 Å². The van der Waals surface area contributed by atoms with E-state index in [2.05, 4.69) is 15.0 Å². The predicted molar refractivity (Wildman–Crippen MR) is 58.8 cm³/mol. The van der Waals surface area contributed by atoms with E-state index in [0.717, 1.165) is 0 Å². The van der Waals surface area contributed by atoms with Gasteiger partial charge in [0, 0.05) is 11.9 Å². The molecule has 5 nitrogen and oxygen atoms in total. The summed E-state index contributed by atoms with van der Waals surface area (Å²) in [5.74, 6) is -0.986. The SMILES string of the molecule is O=C(O)Cc1csc(NCCOCC(F)(F)F)n1. The Labute approximate surface area is 105 Å². The van der Waals surface area contributed by atoms with E-state index in [1.54, 1.807) is 5.38 Å². The van der Waals surface area contributed by atoms with E-state index >= 15 is 0 Å². The smallest absolute Gasteiger partial charge is 0.411 e. The molecule has 0 aromatic carbocycles. The minimum Gasteiger partial charge on any atom is -0.481 e. The Morgan fingerprint density at radius 2 is 2.28 bits per heavy atom. The second kappa shape index (κ2) is 6.55. The van der Waals surface area contributed by atoms with Gasteiger partial charge < -0.3 is 15.2 Å². The molecule has 0 amide bonds. The van der Waals surface area contributed by atoms with E-state index in [-0.39, 0.29) is 19.6 Å². The minimum absolute atomic E-state index is 0.104. The molecule has 102 valence electrons. The van der Waals surface area contributed by atoms with Crippen LogP contribution in [-0.2, 0) is 16.0 Å². The molecule has 0 fully saturated rings. The van der Waals surface area contributed by atoms with Gasteiger partial charge in [-0.1, -0.05) is 0 Å². The van der Waals surface area contributed by atoms with Crippen LogP contribution < -0.4 is 5.32 Å². The van der Waals surface area contributed by atoms with Crippen LogP contribution >= 0.6 is 11.3 Å². The quantitative estimate of drug-likeness (QED) is 0.747. The summed E-state index contributed by atoms with van der Waals surface area (Å²) in [4.78, 5) is 14.3. The van der Waals surface area contributed by atoms with Gasteiger partial charge in [-0.15, -0.1) is 11.3 Å². The first-order valence-corrected chi connectivity index (χ1v) is 5.79. The van der Waals surface area contributed by atoms with Crippen molar-refractivity contribution in [1.82, 2.24) is 4.98 Å². The molecule has 0 saturated carbocycles. The third-order valence-electron chi connectivity index (χ3n) is 1.67. The van der Waals surface area contributed by atoms with Crippen LogP contribution in [0.1, 0.15) is 5.69 Å². The highest BCUT2D eigenvalue weighted by Crippen LogP contribution is 2.16. The van der Waals surface area contributed by atoms with Crippen LogP contribution in [0.25, 0.3) is 0 Å². The second-order valence-electron chi connectivity index (χ2n) is 3.31. The van der Waals surface area contributed by atoms with Crippen molar-refractivity contribution in [3.63, 3.8) is 0 Å². The summed E-state index contributed by atoms with van der Waals surface area (Å²) in [5.41, 5.74) is 0.409. The number of rotatable bonds is 7. The molecule has 0 bridgehead atoms. The first kappa shape index (κ1) is 14.7. The lowest BCUT2D eigenvalue weighted by atomic mass is 10.3. The van der Waals surface area contributed by atoms with Gasteiger partial charge in [0.05, 0.1) is 18.7 Å². The maximum Gasteiger partial charge on any atom is 0.411 e. The molecule has 0 spiro atoms. The molecule has 0 aliphatic carbocycles. The number of hydrogen-bond donors (Lipinski definition) is 2. The first-order chi connectivity index (χ1) is 8.37. The van der Waals surface area contributed by atoms with Gasteiger partial charge >= 0.3 is 12.1 Å². The molecule has 2 N–H and O–H groups in total. The van der Waals surface area contributed by atoms with Crippen LogP contribution in [0.4, 0.5) is 18.3 Å². The van der Waals surface area contributed by atoms with Crippen molar-refractivity contribution in [3.8, 4) is 0 Å². The van der Waals surface area contributed by atoms with Crippen LogP contribution in [0.15, 0.2) is 5.38 Å². The Balaban J connectivity index is 2.19. The van der Waals surface area contributed by atoms with Crippen molar-refractivity contribution in [2.75, 3.05) is 25.1 Å². The number of carboxylic acids is 1. The van der Waals surface area contributed by atoms with Gasteiger partial charge in [-0.2, -0.15) is 13.2 Å². The Morgan fingerprint density at radius 3 is 2.89 bits per heavy atom. The van der Waals surface area contributed by atoms with Crippen LogP contribution in [0, 0.1) is 0 Å². The number of aromatic nitrogens is 1. The summed E-state index contributed by atoms with van der Waals surface area (Å²) in [7, 11) is 0. The highest BCUT2D eigenvalue weighted by molar-refractivity contribution is 7.13. The maximum atomic E-state index is 11.7. The van der Waals surface area contributed by atoms with Crippen molar-refractivity contribution >= 4 is 22.4 Å². The van der Waals surface area contributed by atoms with E-state index < -0.39 is 18.8 Å². The van der Waals surface area contributed by atoms with Crippen LogP contribution in [0.3, 0.4) is 0 Å². The fourth-order valence-electron chi connectivity index (χ4n) is 1.04. The van der Waals surface area contributed by atoms with Gasteiger partial charge in [0.2, 0.25) is 0 Å². The van der Waals surface area contributed by atoms with Crippen LogP contribution in [0.2, 0.25) is 0 Å². The third-order valence-corrected chi connectivity index (χ3v) is 2.52. The standard InChI is InChI=1S/C9H11F3N2O3S/c10-9(11,12)5-17-2-1-13-8-14-6(4-18-8)3-7(15)16/h4H,1-3,5H2,(H,13,14)(H,15,16). The molecule has 1 aromatic heterocycles. The number of thiazole rings is 1. The molecular formula is C9H11F3N2O3S. The van der Waals surface area contributed by atoms with Gasteiger partial charge in [-0.05, 0) is 0 Å². The Morgan fingerprint density at radius 1 is 1.56 bits per heavy atom. The van der Waals surface area contributed by atoms with E-state index in [9.17, 15) is 18.0 Å². The number of halogens is 3. The minimum atomic E-state index is -4.32. The summed E-state index contributed by atoms with van der Waals surface area (Å²) in [5, 5.41) is 13.3. The summed E-state index contributed by atoms with van der Waals surface area (Å²) in [6, 6.07) is 0. The van der Waals surface area contributed by atoms with Gasteiger partial charge in [0.15, 0.2) is 5.13 Å². The zero-order chi connectivity index (χ0) is 13.6. The lowest BCUT2D eigenvalue weighted by Gasteiger charge is -2.07. The van der Waals surface area contributed by atoms with E-state index in [1.165, 1.54) is 11.3 Å². The first-order valence-electron chi connectivity index (χ1n) is 4.91. The Hall–Kier alpha value is -1.35. The number of ether oxygens (including phenoxy) is 1. The lowest BCUT2D eigenvalue weighted by molar-refractivity contribution is -0.172. The van der Waals surface area contributed by atoms with Gasteiger partial charge in [-0.25, -0.2) is 4.98 Å². The molecule has 1 heterocycles. The number of carboxylic acid groups (broad SMARTS) is 1. The highest BCUT2D eigenvalue weighted by Gasteiger charge is 2.27. The fraction of sp³-hybridized carbons (Fsp3) is 0.556. The molecule has 0 radical (unpaired) electrons. The summed E-state index contributed by atoms with van der Waals surface area (Å²) < 4.78 is 39.5. The van der Waals surface area contributed by atoms with Gasteiger partial charge in [0.1, 0.15) is 6.61 Å². The van der Waals surface area contributed by atoms with Crippen molar-refractivity contribution in [1.29, 1.82) is 0 Å². The largest absolute Gasteiger partial charge is 0.481 e. The molecule has 9 heteroatoms. The molecular weight excluding hydrogens is 273 g/mol. The average molecular weight is 284 g/mol. The van der Waals surface area contributed by atoms with E-state index in [0.29, 0.717) is 10.8 Å². The molecule has 0 aliphatic rings. The lowest BCUT2D eigenvalue weighted by Crippen LogP contribution is -2.20. The molecule has 0 saturated heterocycles. The van der Waals surface area contributed by atoms with Gasteiger partial charge in [-0.3, -0.25) is 4.79 Å². The zero-order valence-electron chi connectivity index (χ0n) is 9.16. The molecule has 18 heavy (non-hydrogen) atoms. The molecule has 0 aliphatic heterocycles. The third kappa shape index (κ3) is 6.40. The van der Waals surface area contributed by atoms with Crippen molar-refractivity contribution in [3.05, 3.63) is 11.1 Å². The summed E-state index contributed by atoms with van der Waals surface area (Å²) in [6.07, 6.45) is -4.50. The van der Waals surface area contributed by atoms with Crippen molar-refractivity contribution in [2.24, 2.45) is 0 Å². The molecule has 0 unspecified atom stereocenters. The number of hydrogen-bond acceptors (Lipinski definition) is 5. The maximum absolute atomic E-state index is 11.7. The van der Waals surface area contributed by atoms with Crippen molar-refractivity contribution in [2.45, 2.75) is 12.6 Å². The van der Waals surface area contributed by atoms with Crippen molar-refractivity contribution < 1.29 is 27.8 Å². The van der Waals surface area contributed by atoms with Crippen LogP contribution in [-0.4, -0.2) is 42.0 Å². The average Bonchev–Trinajstić information content (AvgIpc) is 2.62. The zero-order valence-corrected chi connectivity index (χ0v) is 9.98. The number of nitrogens with zero attached hydrogens (tertiary/aromatic N) is 1. The second-order valence-corrected chi connectivity index (χ2v) is 4.17. The molecule has 0 atom stereocenters. The molecule has 1 rings (SSSR count). The number of aliphatic carboxylic acids is 1. The normalized spacial score (nSPS) is 11.5. The van der Waals surface area contributed by atoms with E-state index in [1.807, 2.05) is 0 Å². The number of anilines is 1. The van der Waals surface area contributed by atoms with E-state index in [4.69, 9.17) is 5.11 Å². The van der Waals surface area contributed by atoms with Crippen LogP contribution in [0.5, 0.6) is 0 Å². The topological polar surface area (TPSA) is 71.5 Å². The highest BCUT2D eigenvalue weighted by atomic mass is 32.1. The number of carbonyl (C=O) groups is 1. The number of alkyl halides is 3. The monoisotopic (exact) mass is 284 g/mol. The summed E-state index contributed by atoms with van der Waals surface area (Å²) >= 11 is 1.19. The Kier molecular flexibility index (Phi) is 5.35. The fourth-order valence-corrected chi connectivity index (χ4v) is 1.78. The Bertz CT molecular complexity index is 395. The summed E-state index contributed by atoms with van der Waals surface area (Å²) in [6.45, 7) is -1.21.